The van der Waals surface area contributed by atoms with Crippen molar-refractivity contribution in [2.24, 2.45) is 5.41 Å². The smallest absolute Gasteiger partial charge is 0.334 e. The number of carbonyl (C=O) groups excluding carboxylic acids is 1. The molecule has 0 saturated carbocycles. The second-order valence-corrected chi connectivity index (χ2v) is 6.83. The highest BCUT2D eigenvalue weighted by Crippen LogP contribution is 2.61. The Bertz CT molecular complexity index is 509. The number of methoxy groups -OCH3 is 2. The van der Waals surface area contributed by atoms with Gasteiger partial charge in [0.1, 0.15) is 23.6 Å². The Labute approximate surface area is 133 Å². The summed E-state index contributed by atoms with van der Waals surface area (Å²) in [4.78, 5) is 12.4. The molecule has 1 fully saturated rings. The highest BCUT2D eigenvalue weighted by Gasteiger charge is 2.72. The van der Waals surface area contributed by atoms with Gasteiger partial charge in [-0.3, -0.25) is 0 Å². The molecule has 0 aromatic rings. The second-order valence-electron chi connectivity index (χ2n) is 6.83. The van der Waals surface area contributed by atoms with E-state index in [-0.39, 0.29) is 20.2 Å². The molecule has 5 nitrogen and oxygen atoms in total. The van der Waals surface area contributed by atoms with Gasteiger partial charge in [0, 0.05) is 18.1 Å². The van der Waals surface area contributed by atoms with Crippen LogP contribution in [0.1, 0.15) is 49.0 Å². The summed E-state index contributed by atoms with van der Waals surface area (Å²) in [6, 6.07) is 0. The van der Waals surface area contributed by atoms with Gasteiger partial charge in [0.05, 0.1) is 7.11 Å². The summed E-state index contributed by atoms with van der Waals surface area (Å²) in [7, 11) is 3.04. The number of rotatable bonds is 2. The van der Waals surface area contributed by atoms with E-state index in [1.165, 1.54) is 7.11 Å². The average molecular weight is 314 g/mol. The molecule has 0 radical (unpaired) electrons. The minimum atomic E-state index is -0.756. The molecule has 22 heavy (non-hydrogen) atoms. The van der Waals surface area contributed by atoms with Crippen LogP contribution in [0.4, 0.5) is 0 Å². The molecule has 0 aromatic heterocycles. The molecule has 0 unspecified atom stereocenters. The summed E-state index contributed by atoms with van der Waals surface area (Å²) < 4.78 is 22.8. The Kier molecular flexibility index (Phi) is 4.63. The quantitative estimate of drug-likeness (QED) is 0.733. The molecule has 0 N–H and O–H groups in total. The SMILES string of the molecule is C.COC(=O)C1=C(C)[C@@]2(C)OCO[C@@]2(C)[C@](C)(OC)C1(C)C. The van der Waals surface area contributed by atoms with Gasteiger partial charge in [-0.25, -0.2) is 4.79 Å². The van der Waals surface area contributed by atoms with Gasteiger partial charge in [0.15, 0.2) is 0 Å². The van der Waals surface area contributed by atoms with Crippen molar-refractivity contribution in [3.8, 4) is 0 Å². The third-order valence-corrected chi connectivity index (χ3v) is 6.22. The van der Waals surface area contributed by atoms with Crippen molar-refractivity contribution in [3.63, 3.8) is 0 Å². The van der Waals surface area contributed by atoms with E-state index in [1.807, 2.05) is 41.5 Å². The monoisotopic (exact) mass is 314 g/mol. The molecule has 1 saturated heterocycles. The first-order chi connectivity index (χ1) is 9.53. The zero-order valence-electron chi connectivity index (χ0n) is 14.2. The Morgan fingerprint density at radius 1 is 1.09 bits per heavy atom. The first kappa shape index (κ1) is 19.1. The zero-order chi connectivity index (χ0) is 16.3. The van der Waals surface area contributed by atoms with Crippen molar-refractivity contribution < 1.29 is 23.7 Å². The highest BCUT2D eigenvalue weighted by atomic mass is 16.7. The van der Waals surface area contributed by atoms with Gasteiger partial charge in [-0.2, -0.15) is 0 Å². The van der Waals surface area contributed by atoms with Crippen LogP contribution < -0.4 is 0 Å². The van der Waals surface area contributed by atoms with Crippen LogP contribution in [-0.2, 0) is 23.7 Å². The van der Waals surface area contributed by atoms with Crippen LogP contribution in [0.15, 0.2) is 11.1 Å². The van der Waals surface area contributed by atoms with Crippen molar-refractivity contribution in [3.05, 3.63) is 11.1 Å². The minimum absolute atomic E-state index is 0. The van der Waals surface area contributed by atoms with Crippen LogP contribution in [0, 0.1) is 5.41 Å². The molecule has 3 atom stereocenters. The largest absolute Gasteiger partial charge is 0.466 e. The van der Waals surface area contributed by atoms with Crippen LogP contribution >= 0.6 is 0 Å². The van der Waals surface area contributed by atoms with Crippen molar-refractivity contribution in [1.82, 2.24) is 0 Å². The predicted molar refractivity (Wildman–Crippen MR) is 84.5 cm³/mol. The Morgan fingerprint density at radius 3 is 2.09 bits per heavy atom. The van der Waals surface area contributed by atoms with E-state index in [0.29, 0.717) is 5.57 Å². The highest BCUT2D eigenvalue weighted by molar-refractivity contribution is 5.92. The fourth-order valence-corrected chi connectivity index (χ4v) is 4.10. The summed E-state index contributed by atoms with van der Waals surface area (Å²) in [6.07, 6.45) is 0. The van der Waals surface area contributed by atoms with Crippen molar-refractivity contribution in [2.45, 2.75) is 65.8 Å². The standard InChI is InChI=1S/C16H26O5.CH4/c1-10-11(12(17)18-7)13(2,3)15(5,19-8)16(6)14(10,4)20-9-21-16;/h9H2,1-8H3;1H4/t14-,15-,16-;/m1./s1. The maximum atomic E-state index is 12.4. The normalized spacial score (nSPS) is 40.0. The van der Waals surface area contributed by atoms with Crippen LogP contribution in [-0.4, -0.2) is 43.8 Å². The first-order valence-electron chi connectivity index (χ1n) is 7.16. The summed E-state index contributed by atoms with van der Waals surface area (Å²) in [6.45, 7) is 12.0. The van der Waals surface area contributed by atoms with Gasteiger partial charge >= 0.3 is 5.97 Å². The van der Waals surface area contributed by atoms with E-state index < -0.39 is 22.2 Å². The van der Waals surface area contributed by atoms with Crippen LogP contribution in [0.25, 0.3) is 0 Å². The lowest BCUT2D eigenvalue weighted by Gasteiger charge is -2.60. The van der Waals surface area contributed by atoms with Crippen LogP contribution in [0.5, 0.6) is 0 Å². The fraction of sp³-hybridized carbons (Fsp3) is 0.824. The average Bonchev–Trinajstić information content (AvgIpc) is 2.74. The number of esters is 1. The summed E-state index contributed by atoms with van der Waals surface area (Å²) >= 11 is 0. The van der Waals surface area contributed by atoms with E-state index in [9.17, 15) is 4.79 Å². The molecule has 1 aliphatic carbocycles. The lowest BCUT2D eigenvalue weighted by Crippen LogP contribution is -2.72. The lowest BCUT2D eigenvalue weighted by atomic mass is 9.52. The fourth-order valence-electron chi connectivity index (χ4n) is 4.10. The summed E-state index contributed by atoms with van der Waals surface area (Å²) in [5.74, 6) is -0.348. The summed E-state index contributed by atoms with van der Waals surface area (Å²) in [5, 5.41) is 0. The predicted octanol–water partition coefficient (Wildman–Crippen LogP) is 3.08. The van der Waals surface area contributed by atoms with Gasteiger partial charge in [-0.05, 0) is 33.3 Å². The van der Waals surface area contributed by atoms with E-state index in [0.717, 1.165) is 5.57 Å². The van der Waals surface area contributed by atoms with Gasteiger partial charge in [0.25, 0.3) is 0 Å². The number of ether oxygens (including phenoxy) is 4. The molecular weight excluding hydrogens is 284 g/mol. The topological polar surface area (TPSA) is 54.0 Å². The van der Waals surface area contributed by atoms with Crippen LogP contribution in [0.3, 0.4) is 0 Å². The molecule has 2 rings (SSSR count). The molecule has 0 bridgehead atoms. The Morgan fingerprint density at radius 2 is 1.64 bits per heavy atom. The third-order valence-electron chi connectivity index (χ3n) is 6.22. The zero-order valence-corrected chi connectivity index (χ0v) is 14.2. The number of carbonyl (C=O) groups is 1. The molecule has 0 aromatic carbocycles. The maximum Gasteiger partial charge on any atom is 0.334 e. The van der Waals surface area contributed by atoms with Crippen molar-refractivity contribution in [1.29, 1.82) is 0 Å². The first-order valence-corrected chi connectivity index (χ1v) is 7.16. The van der Waals surface area contributed by atoms with Gasteiger partial charge in [0.2, 0.25) is 0 Å². The molecule has 128 valence electrons. The number of fused-ring (bicyclic) bond motifs is 1. The molecule has 0 spiro atoms. The molecule has 5 heteroatoms. The van der Waals surface area contributed by atoms with Gasteiger partial charge in [-0.15, -0.1) is 0 Å². The molecule has 1 aliphatic heterocycles. The summed E-state index contributed by atoms with van der Waals surface area (Å²) in [5.41, 5.74) is -1.36. The third kappa shape index (κ3) is 1.79. The van der Waals surface area contributed by atoms with Crippen molar-refractivity contribution in [2.75, 3.05) is 21.0 Å². The molecule has 2 aliphatic rings. The maximum absolute atomic E-state index is 12.4. The minimum Gasteiger partial charge on any atom is -0.466 e. The van der Waals surface area contributed by atoms with E-state index in [2.05, 4.69) is 0 Å². The Balaban J connectivity index is 0.00000242. The van der Waals surface area contributed by atoms with Crippen molar-refractivity contribution >= 4 is 5.97 Å². The second kappa shape index (κ2) is 5.32. The molecule has 0 amide bonds. The lowest BCUT2D eigenvalue weighted by molar-refractivity contribution is -0.226. The van der Waals surface area contributed by atoms with Gasteiger partial charge < -0.3 is 18.9 Å². The van der Waals surface area contributed by atoms with E-state index >= 15 is 0 Å². The number of hydrogen-bond acceptors (Lipinski definition) is 5. The van der Waals surface area contributed by atoms with E-state index in [1.54, 1.807) is 7.11 Å². The van der Waals surface area contributed by atoms with E-state index in [4.69, 9.17) is 18.9 Å². The number of hydrogen-bond donors (Lipinski definition) is 0. The van der Waals surface area contributed by atoms with Gasteiger partial charge in [-0.1, -0.05) is 21.3 Å². The molecular formula is C17H30O5. The Hall–Kier alpha value is -0.910. The molecule has 1 heterocycles. The van der Waals surface area contributed by atoms with Crippen LogP contribution in [0.2, 0.25) is 0 Å².